The summed E-state index contributed by atoms with van der Waals surface area (Å²) in [6.07, 6.45) is 0. The lowest BCUT2D eigenvalue weighted by atomic mass is 10.1. The molecule has 2 aromatic carbocycles. The highest BCUT2D eigenvalue weighted by atomic mass is 35.5. The summed E-state index contributed by atoms with van der Waals surface area (Å²) in [6.45, 7) is 0.281. The van der Waals surface area contributed by atoms with Gasteiger partial charge in [-0.05, 0) is 29.5 Å². The number of halogens is 1. The van der Waals surface area contributed by atoms with E-state index in [1.165, 1.54) is 0 Å². The fourth-order valence-corrected chi connectivity index (χ4v) is 2.25. The van der Waals surface area contributed by atoms with Gasteiger partial charge >= 0.3 is 0 Å². The topological polar surface area (TPSA) is 70.2 Å². The van der Waals surface area contributed by atoms with Crippen molar-refractivity contribution in [1.82, 2.24) is 15.5 Å². The summed E-state index contributed by atoms with van der Waals surface area (Å²) in [5.41, 5.74) is 1.48. The normalized spacial score (nSPS) is 11.5. The highest BCUT2D eigenvalue weighted by molar-refractivity contribution is 6.14. The van der Waals surface area contributed by atoms with Crippen molar-refractivity contribution in [3.05, 3.63) is 71.8 Å². The van der Waals surface area contributed by atoms with Crippen molar-refractivity contribution in [2.24, 2.45) is 0 Å². The van der Waals surface area contributed by atoms with E-state index in [-0.39, 0.29) is 30.9 Å². The molecule has 2 amide bonds. The fourth-order valence-electron chi connectivity index (χ4n) is 2.13. The maximum atomic E-state index is 12.1. The molecule has 0 saturated carbocycles. The molecule has 0 aliphatic carbocycles. The molecule has 23 heavy (non-hydrogen) atoms. The predicted molar refractivity (Wildman–Crippen MR) is 90.0 cm³/mol. The van der Waals surface area contributed by atoms with Gasteiger partial charge in [0.2, 0.25) is 5.91 Å². The van der Waals surface area contributed by atoms with Crippen LogP contribution in [0.5, 0.6) is 0 Å². The first-order chi connectivity index (χ1) is 11.2. The van der Waals surface area contributed by atoms with Crippen molar-refractivity contribution in [3.8, 4) is 0 Å². The van der Waals surface area contributed by atoms with Crippen LogP contribution in [0.4, 0.5) is 0 Å². The summed E-state index contributed by atoms with van der Waals surface area (Å²) in [6, 6.07) is 18.1. The average Bonchev–Trinajstić information content (AvgIpc) is 2.60. The van der Waals surface area contributed by atoms with Gasteiger partial charge in [0.15, 0.2) is 0 Å². The van der Waals surface area contributed by atoms with Crippen LogP contribution in [0.3, 0.4) is 0 Å². The van der Waals surface area contributed by atoms with Crippen molar-refractivity contribution >= 4 is 23.6 Å². The van der Waals surface area contributed by atoms with Crippen molar-refractivity contribution in [1.29, 1.82) is 0 Å². The number of nitrogens with one attached hydrogen (secondary N) is 3. The quantitative estimate of drug-likeness (QED) is 0.680. The smallest absolute Gasteiger partial charge is 0.251 e. The van der Waals surface area contributed by atoms with Crippen molar-refractivity contribution in [2.75, 3.05) is 13.1 Å². The van der Waals surface area contributed by atoms with E-state index >= 15 is 0 Å². The Bertz CT molecular complexity index is 635. The first-order valence-corrected chi connectivity index (χ1v) is 7.59. The molecule has 5 nitrogen and oxygen atoms in total. The number of amides is 2. The van der Waals surface area contributed by atoms with Gasteiger partial charge in [-0.3, -0.25) is 9.59 Å². The molecule has 0 aromatic heterocycles. The predicted octanol–water partition coefficient (Wildman–Crippen LogP) is 2.02. The lowest BCUT2D eigenvalue weighted by Gasteiger charge is -2.20. The van der Waals surface area contributed by atoms with Gasteiger partial charge in [0.25, 0.3) is 5.91 Å². The van der Waals surface area contributed by atoms with Gasteiger partial charge in [-0.1, -0.05) is 48.5 Å². The van der Waals surface area contributed by atoms with Gasteiger partial charge in [-0.25, -0.2) is 4.84 Å². The molecule has 0 aliphatic rings. The molecule has 1 atom stereocenters. The second-order valence-electron chi connectivity index (χ2n) is 4.92. The molecule has 0 aliphatic heterocycles. The third kappa shape index (κ3) is 5.39. The van der Waals surface area contributed by atoms with Gasteiger partial charge in [-0.2, -0.15) is 0 Å². The number of hydrogen-bond acceptors (Lipinski definition) is 3. The zero-order valence-corrected chi connectivity index (χ0v) is 13.2. The molecule has 0 unspecified atom stereocenters. The van der Waals surface area contributed by atoms with E-state index < -0.39 is 0 Å². The Hall–Kier alpha value is -2.37. The molecule has 0 fully saturated rings. The van der Waals surface area contributed by atoms with Crippen LogP contribution in [-0.4, -0.2) is 24.9 Å². The van der Waals surface area contributed by atoms with E-state index in [4.69, 9.17) is 11.8 Å². The van der Waals surface area contributed by atoms with Crippen LogP contribution in [0.1, 0.15) is 22.0 Å². The first kappa shape index (κ1) is 17.0. The molecule has 2 aromatic rings. The van der Waals surface area contributed by atoms with Crippen LogP contribution in [-0.2, 0) is 4.79 Å². The minimum atomic E-state index is -0.332. The lowest BCUT2D eigenvalue weighted by Crippen LogP contribution is -2.40. The Labute approximate surface area is 140 Å². The highest BCUT2D eigenvalue weighted by Gasteiger charge is 2.15. The summed E-state index contributed by atoms with van der Waals surface area (Å²) in [5, 5.41) is 5.68. The zero-order valence-electron chi connectivity index (χ0n) is 12.5. The van der Waals surface area contributed by atoms with E-state index in [0.29, 0.717) is 5.56 Å². The lowest BCUT2D eigenvalue weighted by molar-refractivity contribution is -0.120. The van der Waals surface area contributed by atoms with Crippen LogP contribution in [0, 0.1) is 0 Å². The third-order valence-corrected chi connectivity index (χ3v) is 3.40. The van der Waals surface area contributed by atoms with E-state index in [1.54, 1.807) is 24.3 Å². The largest absolute Gasteiger partial charge is 0.350 e. The summed E-state index contributed by atoms with van der Waals surface area (Å²) >= 11 is 5.35. The van der Waals surface area contributed by atoms with Crippen LogP contribution in [0.15, 0.2) is 60.7 Å². The Balaban J connectivity index is 2.03. The molecule has 0 heterocycles. The summed E-state index contributed by atoms with van der Waals surface area (Å²) in [5.74, 6) is -0.431. The Morgan fingerprint density at radius 1 is 0.957 bits per heavy atom. The minimum Gasteiger partial charge on any atom is -0.350 e. The van der Waals surface area contributed by atoms with Gasteiger partial charge in [-0.15, -0.1) is 0 Å². The standard InChI is InChI=1S/C17H18ClN3O2/c18-20-12-16(22)21-15(13-7-3-1-4-8-13)11-19-17(23)14-9-5-2-6-10-14/h1-10,15,20H,11-12H2,(H,19,23)(H,21,22)/t15-/m1/s1. The van der Waals surface area contributed by atoms with Crippen LogP contribution in [0.2, 0.25) is 0 Å². The number of carbonyl (C=O) groups excluding carboxylic acids is 2. The number of rotatable bonds is 7. The molecule has 2 rings (SSSR count). The van der Waals surface area contributed by atoms with Crippen LogP contribution in [0.25, 0.3) is 0 Å². The van der Waals surface area contributed by atoms with Crippen LogP contribution < -0.4 is 15.5 Å². The van der Waals surface area contributed by atoms with Gasteiger partial charge in [0, 0.05) is 12.1 Å². The summed E-state index contributed by atoms with van der Waals surface area (Å²) in [7, 11) is 0. The molecule has 0 bridgehead atoms. The van der Waals surface area contributed by atoms with Gasteiger partial charge in [0.1, 0.15) is 0 Å². The van der Waals surface area contributed by atoms with Crippen molar-refractivity contribution in [3.63, 3.8) is 0 Å². The summed E-state index contributed by atoms with van der Waals surface area (Å²) < 4.78 is 0. The van der Waals surface area contributed by atoms with Crippen LogP contribution >= 0.6 is 11.8 Å². The second-order valence-corrected chi connectivity index (χ2v) is 5.18. The summed E-state index contributed by atoms with van der Waals surface area (Å²) in [4.78, 5) is 26.2. The molecular formula is C17H18ClN3O2. The number of carbonyl (C=O) groups is 2. The Kier molecular flexibility index (Phi) is 6.59. The minimum absolute atomic E-state index is 0.00246. The first-order valence-electron chi connectivity index (χ1n) is 7.21. The molecule has 3 N–H and O–H groups in total. The number of hydrogen-bond donors (Lipinski definition) is 3. The van der Waals surface area contributed by atoms with E-state index in [9.17, 15) is 9.59 Å². The Morgan fingerprint density at radius 3 is 2.17 bits per heavy atom. The van der Waals surface area contributed by atoms with Gasteiger partial charge < -0.3 is 10.6 Å². The maximum absolute atomic E-state index is 12.1. The SMILES string of the molecule is O=C(CNCl)N[C@H](CNC(=O)c1ccccc1)c1ccccc1. The van der Waals surface area contributed by atoms with E-state index in [0.717, 1.165) is 5.56 Å². The number of benzene rings is 2. The highest BCUT2D eigenvalue weighted by Crippen LogP contribution is 2.12. The maximum Gasteiger partial charge on any atom is 0.251 e. The zero-order chi connectivity index (χ0) is 16.5. The molecule has 0 radical (unpaired) electrons. The van der Waals surface area contributed by atoms with Crippen molar-refractivity contribution in [2.45, 2.75) is 6.04 Å². The molecular weight excluding hydrogens is 314 g/mol. The molecule has 120 valence electrons. The monoisotopic (exact) mass is 331 g/mol. The fraction of sp³-hybridized carbons (Fsp3) is 0.176. The van der Waals surface area contributed by atoms with Crippen molar-refractivity contribution < 1.29 is 9.59 Å². The second kappa shape index (κ2) is 8.92. The third-order valence-electron chi connectivity index (χ3n) is 3.27. The average molecular weight is 332 g/mol. The van der Waals surface area contributed by atoms with E-state index in [1.807, 2.05) is 36.4 Å². The molecule has 0 saturated heterocycles. The van der Waals surface area contributed by atoms with Gasteiger partial charge in [0.05, 0.1) is 12.6 Å². The Morgan fingerprint density at radius 2 is 1.57 bits per heavy atom. The van der Waals surface area contributed by atoms with E-state index in [2.05, 4.69) is 15.5 Å². The molecule has 6 heteroatoms. The molecule has 0 spiro atoms.